The van der Waals surface area contributed by atoms with Crippen LogP contribution < -0.4 is 15.2 Å². The van der Waals surface area contributed by atoms with Crippen LogP contribution in [0.4, 0.5) is 5.69 Å². The highest BCUT2D eigenvalue weighted by Crippen LogP contribution is 2.26. The first kappa shape index (κ1) is 16.1. The van der Waals surface area contributed by atoms with E-state index < -0.39 is 10.0 Å². The van der Waals surface area contributed by atoms with Crippen LogP contribution in [0.25, 0.3) is 0 Å². The number of nitrogens with two attached hydrogens (primary N) is 1. The smallest absolute Gasteiger partial charge is 0.244 e. The zero-order chi connectivity index (χ0) is 15.3. The van der Waals surface area contributed by atoms with Crippen LogP contribution in [0.1, 0.15) is 25.7 Å². The topological polar surface area (TPSA) is 90.7 Å². The molecule has 0 saturated carbocycles. The summed E-state index contributed by atoms with van der Waals surface area (Å²) in [6.07, 6.45) is 4.05. The molecule has 1 atom stereocenters. The summed E-state index contributed by atoms with van der Waals surface area (Å²) in [5, 5.41) is 0. The molecule has 1 heterocycles. The molecule has 1 saturated heterocycles. The van der Waals surface area contributed by atoms with Crippen LogP contribution in [0.5, 0.6) is 5.75 Å². The van der Waals surface area contributed by atoms with Crippen molar-refractivity contribution in [2.75, 3.05) is 26.0 Å². The van der Waals surface area contributed by atoms with Crippen LogP contribution in [0.15, 0.2) is 23.1 Å². The predicted molar refractivity (Wildman–Crippen MR) is 80.8 cm³/mol. The Hall–Kier alpha value is -1.31. The second-order valence-electron chi connectivity index (χ2n) is 5.09. The van der Waals surface area contributed by atoms with E-state index in [0.29, 0.717) is 18.7 Å². The molecule has 1 aliphatic rings. The molecule has 0 radical (unpaired) electrons. The van der Waals surface area contributed by atoms with Gasteiger partial charge in [-0.3, -0.25) is 0 Å². The van der Waals surface area contributed by atoms with Crippen molar-refractivity contribution in [3.63, 3.8) is 0 Å². The van der Waals surface area contributed by atoms with Gasteiger partial charge in [0.2, 0.25) is 10.0 Å². The molecule has 1 unspecified atom stereocenters. The van der Waals surface area contributed by atoms with Gasteiger partial charge in [-0.1, -0.05) is 0 Å². The van der Waals surface area contributed by atoms with Gasteiger partial charge < -0.3 is 15.2 Å². The Bertz CT molecular complexity index is 568. The van der Waals surface area contributed by atoms with Crippen molar-refractivity contribution in [1.29, 1.82) is 0 Å². The molecule has 1 aliphatic heterocycles. The summed E-state index contributed by atoms with van der Waals surface area (Å²) in [5.74, 6) is 0.247. The number of nitrogens with one attached hydrogen (secondary N) is 1. The van der Waals surface area contributed by atoms with Crippen LogP contribution in [0.2, 0.25) is 0 Å². The summed E-state index contributed by atoms with van der Waals surface area (Å²) in [6.45, 7) is 1.11. The van der Waals surface area contributed by atoms with E-state index in [1.165, 1.54) is 19.2 Å². The molecule has 21 heavy (non-hydrogen) atoms. The Morgan fingerprint density at radius 3 is 2.90 bits per heavy atom. The first-order chi connectivity index (χ1) is 10.0. The fourth-order valence-corrected chi connectivity index (χ4v) is 3.57. The maximum atomic E-state index is 12.3. The Balaban J connectivity index is 1.98. The quantitative estimate of drug-likeness (QED) is 0.777. The Kier molecular flexibility index (Phi) is 5.44. The Morgan fingerprint density at radius 2 is 2.24 bits per heavy atom. The third-order valence-corrected chi connectivity index (χ3v) is 5.01. The van der Waals surface area contributed by atoms with Gasteiger partial charge in [0.15, 0.2) is 0 Å². The molecule has 118 valence electrons. The van der Waals surface area contributed by atoms with E-state index in [4.69, 9.17) is 15.2 Å². The summed E-state index contributed by atoms with van der Waals surface area (Å²) in [7, 11) is -2.19. The van der Waals surface area contributed by atoms with Crippen molar-refractivity contribution in [3.05, 3.63) is 18.2 Å². The number of hydrogen-bond donors (Lipinski definition) is 2. The Labute approximate surface area is 125 Å². The van der Waals surface area contributed by atoms with Gasteiger partial charge in [0, 0.05) is 24.9 Å². The van der Waals surface area contributed by atoms with Gasteiger partial charge >= 0.3 is 0 Å². The van der Waals surface area contributed by atoms with Gasteiger partial charge in [0.25, 0.3) is 0 Å². The summed E-state index contributed by atoms with van der Waals surface area (Å²) < 4.78 is 37.8. The highest BCUT2D eigenvalue weighted by atomic mass is 32.2. The lowest BCUT2D eigenvalue weighted by Gasteiger charge is -2.22. The van der Waals surface area contributed by atoms with E-state index in [-0.39, 0.29) is 16.7 Å². The van der Waals surface area contributed by atoms with E-state index in [9.17, 15) is 8.42 Å². The number of nitrogen functional groups attached to an aromatic ring is 1. The van der Waals surface area contributed by atoms with Crippen molar-refractivity contribution in [2.45, 2.75) is 36.7 Å². The monoisotopic (exact) mass is 314 g/mol. The third-order valence-electron chi connectivity index (χ3n) is 3.51. The third kappa shape index (κ3) is 4.33. The number of methoxy groups -OCH3 is 1. The molecule has 0 spiro atoms. The first-order valence-corrected chi connectivity index (χ1v) is 8.56. The number of anilines is 1. The minimum absolute atomic E-state index is 0.101. The number of ether oxygens (including phenoxy) is 2. The van der Waals surface area contributed by atoms with Gasteiger partial charge in [-0.2, -0.15) is 0 Å². The zero-order valence-electron chi connectivity index (χ0n) is 12.2. The van der Waals surface area contributed by atoms with Crippen molar-refractivity contribution in [3.8, 4) is 5.75 Å². The minimum atomic E-state index is -3.61. The highest BCUT2D eigenvalue weighted by Gasteiger charge is 2.20. The molecule has 0 aliphatic carbocycles. The van der Waals surface area contributed by atoms with E-state index in [2.05, 4.69) is 4.72 Å². The lowest BCUT2D eigenvalue weighted by Crippen LogP contribution is -2.29. The van der Waals surface area contributed by atoms with Gasteiger partial charge in [-0.05, 0) is 37.8 Å². The minimum Gasteiger partial charge on any atom is -0.495 e. The summed E-state index contributed by atoms with van der Waals surface area (Å²) in [4.78, 5) is 0.101. The van der Waals surface area contributed by atoms with Crippen LogP contribution in [-0.2, 0) is 14.8 Å². The van der Waals surface area contributed by atoms with E-state index in [0.717, 1.165) is 25.9 Å². The van der Waals surface area contributed by atoms with Crippen molar-refractivity contribution in [1.82, 2.24) is 4.72 Å². The van der Waals surface area contributed by atoms with Crippen molar-refractivity contribution < 1.29 is 17.9 Å². The fourth-order valence-electron chi connectivity index (χ4n) is 2.37. The van der Waals surface area contributed by atoms with Crippen LogP contribution in [0, 0.1) is 0 Å². The van der Waals surface area contributed by atoms with Gasteiger partial charge in [0.1, 0.15) is 10.6 Å². The van der Waals surface area contributed by atoms with Gasteiger partial charge in [-0.15, -0.1) is 0 Å². The zero-order valence-corrected chi connectivity index (χ0v) is 13.0. The molecule has 1 aromatic carbocycles. The molecule has 0 amide bonds. The SMILES string of the molecule is COc1cc(N)ccc1S(=O)(=O)NCCC1CCCCO1. The summed E-state index contributed by atoms with van der Waals surface area (Å²) in [5.41, 5.74) is 6.09. The standard InChI is InChI=1S/C14H22N2O4S/c1-19-13-10-11(15)5-6-14(13)21(17,18)16-8-7-12-4-2-3-9-20-12/h5-6,10,12,16H,2-4,7-9,15H2,1H3. The van der Waals surface area contributed by atoms with Crippen LogP contribution in [-0.4, -0.2) is 34.8 Å². The molecule has 0 bridgehead atoms. The number of hydrogen-bond acceptors (Lipinski definition) is 5. The molecule has 3 N–H and O–H groups in total. The molecule has 6 nitrogen and oxygen atoms in total. The summed E-state index contributed by atoms with van der Waals surface area (Å²) in [6, 6.07) is 4.49. The molecule has 1 aromatic rings. The molecule has 1 fully saturated rings. The lowest BCUT2D eigenvalue weighted by molar-refractivity contribution is 0.0123. The van der Waals surface area contributed by atoms with E-state index in [1.807, 2.05) is 0 Å². The molecule has 2 rings (SSSR count). The second-order valence-corrected chi connectivity index (χ2v) is 6.82. The van der Waals surface area contributed by atoms with E-state index in [1.54, 1.807) is 6.07 Å². The maximum absolute atomic E-state index is 12.3. The number of benzene rings is 1. The molecular weight excluding hydrogens is 292 g/mol. The normalized spacial score (nSPS) is 19.4. The number of rotatable bonds is 6. The van der Waals surface area contributed by atoms with Crippen LogP contribution >= 0.6 is 0 Å². The van der Waals surface area contributed by atoms with Gasteiger partial charge in [-0.25, -0.2) is 13.1 Å². The summed E-state index contributed by atoms with van der Waals surface area (Å²) >= 11 is 0. The largest absolute Gasteiger partial charge is 0.495 e. The molecule has 7 heteroatoms. The number of sulfonamides is 1. The molecular formula is C14H22N2O4S. The Morgan fingerprint density at radius 1 is 1.43 bits per heavy atom. The first-order valence-electron chi connectivity index (χ1n) is 7.08. The highest BCUT2D eigenvalue weighted by molar-refractivity contribution is 7.89. The fraction of sp³-hybridized carbons (Fsp3) is 0.571. The van der Waals surface area contributed by atoms with Crippen molar-refractivity contribution in [2.24, 2.45) is 0 Å². The van der Waals surface area contributed by atoms with Gasteiger partial charge in [0.05, 0.1) is 13.2 Å². The lowest BCUT2D eigenvalue weighted by atomic mass is 10.1. The predicted octanol–water partition coefficient (Wildman–Crippen LogP) is 1.51. The average Bonchev–Trinajstić information content (AvgIpc) is 2.47. The molecule has 0 aromatic heterocycles. The van der Waals surface area contributed by atoms with Crippen molar-refractivity contribution >= 4 is 15.7 Å². The van der Waals surface area contributed by atoms with Crippen LogP contribution in [0.3, 0.4) is 0 Å². The maximum Gasteiger partial charge on any atom is 0.244 e. The van der Waals surface area contributed by atoms with E-state index >= 15 is 0 Å². The average molecular weight is 314 g/mol. The second kappa shape index (κ2) is 7.11.